The zero-order valence-electron chi connectivity index (χ0n) is 70.4. The lowest BCUT2D eigenvalue weighted by Crippen LogP contribution is -2.53. The number of hydrogen-bond acceptors (Lipinski definition) is 15. The van der Waals surface area contributed by atoms with Gasteiger partial charge in [-0.2, -0.15) is 0 Å². The topological polar surface area (TPSA) is 216 Å². The molecule has 0 aromatic carbocycles. The number of hydrogen-bond donors (Lipinski definition) is 2. The number of esters is 2. The quantitative estimate of drug-likeness (QED) is 0.130. The summed E-state index contributed by atoms with van der Waals surface area (Å²) in [7, 11) is 1.70. The number of allylic oxidation sites excluding steroid dienone is 8. The van der Waals surface area contributed by atoms with Crippen LogP contribution in [0.3, 0.4) is 0 Å². The van der Waals surface area contributed by atoms with Crippen molar-refractivity contribution in [3.05, 3.63) is 126 Å². The lowest BCUT2D eigenvalue weighted by molar-refractivity contribution is -0.145. The van der Waals surface area contributed by atoms with E-state index in [4.69, 9.17) is 33.7 Å². The van der Waals surface area contributed by atoms with Crippen LogP contribution in [0, 0.1) is 126 Å². The second-order valence-electron chi connectivity index (χ2n) is 40.3. The average molecular weight is 1550 g/mol. The second-order valence-corrected chi connectivity index (χ2v) is 40.3. The summed E-state index contributed by atoms with van der Waals surface area (Å²) < 4.78 is 28.1. The van der Waals surface area contributed by atoms with Crippen molar-refractivity contribution in [1.82, 2.24) is 40.5 Å². The number of ether oxygens (including phenoxy) is 5. The lowest BCUT2D eigenvalue weighted by Gasteiger charge is -2.58. The molecule has 0 bridgehead atoms. The van der Waals surface area contributed by atoms with Crippen LogP contribution in [0.5, 0.6) is 5.75 Å². The third kappa shape index (κ3) is 13.5. The normalized spacial score (nSPS) is 41.8. The number of aryl methyl sites for hydroxylation is 2. The average Bonchev–Trinajstić information content (AvgIpc) is 1.47. The first-order valence-corrected chi connectivity index (χ1v) is 44.9. The van der Waals surface area contributed by atoms with Gasteiger partial charge >= 0.3 is 24.1 Å². The van der Waals surface area contributed by atoms with Crippen molar-refractivity contribution in [3.8, 4) is 5.75 Å². The van der Waals surface area contributed by atoms with Gasteiger partial charge in [0.05, 0.1) is 61.7 Å². The summed E-state index contributed by atoms with van der Waals surface area (Å²) in [6, 6.07) is 6.40. The Morgan fingerprint density at radius 1 is 0.439 bits per heavy atom. The summed E-state index contributed by atoms with van der Waals surface area (Å²) in [5, 5.41) is 5.85. The van der Waals surface area contributed by atoms with Crippen LogP contribution >= 0.6 is 0 Å². The number of alkyl carbamates (subject to hydrolysis) is 2. The van der Waals surface area contributed by atoms with E-state index in [2.05, 4.69) is 142 Å². The lowest BCUT2D eigenvalue weighted by atomic mass is 9.46. The number of nitrogens with zero attached hydrogens (tertiary/aromatic N) is 6. The number of carbonyl (C=O) groups excluding carboxylic acids is 4. The highest BCUT2D eigenvalue weighted by atomic mass is 16.6. The van der Waals surface area contributed by atoms with Crippen molar-refractivity contribution >= 4 is 46.4 Å². The molecule has 4 aliphatic heterocycles. The molecule has 8 saturated carbocycles. The van der Waals surface area contributed by atoms with Crippen molar-refractivity contribution in [2.45, 2.75) is 261 Å². The number of methoxy groups -OCH3 is 1. The third-order valence-corrected chi connectivity index (χ3v) is 35.9. The van der Waals surface area contributed by atoms with E-state index in [-0.39, 0.29) is 79.7 Å². The maximum absolute atomic E-state index is 12.1. The van der Waals surface area contributed by atoms with Crippen molar-refractivity contribution < 1.29 is 42.9 Å². The Balaban J connectivity index is 0.000000110. The van der Waals surface area contributed by atoms with E-state index in [9.17, 15) is 19.2 Å². The first-order chi connectivity index (χ1) is 54.9. The van der Waals surface area contributed by atoms with Crippen molar-refractivity contribution in [2.75, 3.05) is 33.4 Å². The Kier molecular flexibility index (Phi) is 21.5. The number of pyridine rings is 2. The smallest absolute Gasteiger partial charge is 0.407 e. The van der Waals surface area contributed by atoms with Gasteiger partial charge in [-0.3, -0.25) is 29.5 Å². The van der Waals surface area contributed by atoms with Gasteiger partial charge in [-0.05, 0) is 328 Å². The molecule has 0 spiro atoms. The van der Waals surface area contributed by atoms with Gasteiger partial charge < -0.3 is 34.3 Å². The molecule has 20 rings (SSSR count). The fraction of sp³-hybridized carbons (Fsp3) is 0.691. The van der Waals surface area contributed by atoms with Gasteiger partial charge in [-0.1, -0.05) is 99.6 Å². The van der Waals surface area contributed by atoms with Gasteiger partial charge in [0.1, 0.15) is 18.0 Å². The molecule has 24 atom stereocenters. The number of aromatic nitrogens is 6. The summed E-state index contributed by atoms with van der Waals surface area (Å²) >= 11 is 0. The van der Waals surface area contributed by atoms with Crippen molar-refractivity contribution in [2.24, 2.45) is 126 Å². The Morgan fingerprint density at radius 3 is 1.38 bits per heavy atom. The summed E-state index contributed by atoms with van der Waals surface area (Å²) in [6.07, 6.45) is 56.0. The van der Waals surface area contributed by atoms with Crippen LogP contribution in [-0.2, 0) is 41.4 Å². The van der Waals surface area contributed by atoms with E-state index < -0.39 is 0 Å². The SMILES string of the molecule is CCc1cncc(C2=CC[C@H]3[C@@H]4CC[C@H]5CC(=O)OCC[C@]5(C)[C@H]4CC[C@]23C)n1.CCc1cncc(C2=CC[C@H]3[C@@H]4CC[C@H]5COC(=O)CC[C@]5(C)[C@H]4CC[C@]23C)n1.COc1cncc(C2=CC[C@H]3[C@@H]4CCC5OC(=O)NCC[C@]5(C)[C@H]4CC[C@]23C)c1.C[C@]12CCNC(=O)OC1CC[C@@H]1[C@@H]2CC[C@]2(C)C(c3cccnc3)=CC[C@@H]12. The molecular weight excluding hydrogens is 1420 g/mol. The summed E-state index contributed by atoms with van der Waals surface area (Å²) in [6.45, 7) is 26.7. The maximum Gasteiger partial charge on any atom is 0.407 e. The van der Waals surface area contributed by atoms with Crippen molar-refractivity contribution in [1.29, 1.82) is 0 Å². The number of fused-ring (bicyclic) bond motifs is 20. The molecule has 17 nitrogen and oxygen atoms in total. The molecular formula is C97H130N8O9. The Morgan fingerprint density at radius 2 is 0.886 bits per heavy atom. The fourth-order valence-corrected chi connectivity index (χ4v) is 29.4. The van der Waals surface area contributed by atoms with Crippen LogP contribution in [0.25, 0.3) is 22.3 Å². The highest BCUT2D eigenvalue weighted by Crippen LogP contribution is 2.71. The Labute approximate surface area is 678 Å². The van der Waals surface area contributed by atoms with Crippen LogP contribution in [0.2, 0.25) is 0 Å². The van der Waals surface area contributed by atoms with Gasteiger partial charge in [0.2, 0.25) is 0 Å². The maximum atomic E-state index is 12.1. The van der Waals surface area contributed by atoms with Gasteiger partial charge in [0, 0.05) is 67.7 Å². The van der Waals surface area contributed by atoms with Crippen LogP contribution in [0.15, 0.2) is 92.1 Å². The summed E-state index contributed by atoms with van der Waals surface area (Å²) in [4.78, 5) is 75.5. The number of nitrogens with one attached hydrogen (secondary N) is 2. The van der Waals surface area contributed by atoms with E-state index in [0.717, 1.165) is 135 Å². The molecule has 4 saturated heterocycles. The molecule has 8 heterocycles. The molecule has 12 aliphatic carbocycles. The molecule has 2 amide bonds. The van der Waals surface area contributed by atoms with Gasteiger partial charge in [0.15, 0.2) is 0 Å². The molecule has 612 valence electrons. The zero-order valence-corrected chi connectivity index (χ0v) is 70.4. The Hall–Kier alpha value is -7.30. The minimum absolute atomic E-state index is 0.0111. The minimum atomic E-state index is -0.229. The number of amides is 2. The van der Waals surface area contributed by atoms with E-state index >= 15 is 0 Å². The van der Waals surface area contributed by atoms with E-state index in [1.165, 1.54) is 136 Å². The molecule has 114 heavy (non-hydrogen) atoms. The van der Waals surface area contributed by atoms with E-state index in [1.54, 1.807) is 13.3 Å². The van der Waals surface area contributed by atoms with Gasteiger partial charge in [-0.25, -0.2) is 19.6 Å². The standard InChI is InChI=1S/2C25H34N2O2.C24H32N2O3.C23H30N2O2/c1-4-17-13-26-14-22(27-17)21-8-7-19-18-6-5-16-15-29-23(28)10-12-24(16,2)20(18)9-11-25(19,21)3;1-4-17-14-26-15-22(27-17)21-8-7-19-18-6-5-16-13-23(28)29-12-11-24(16,2)20(18)9-10-25(19,21)3;1-23-9-8-20-17(4-7-21-24(20,2)10-11-26-22(27)29-21)19(23)6-5-18(23)15-12-16(28-3)14-25-13-15;1-22-10-9-19-16(5-8-20-23(19,2)11-13-25-21(26)27-20)18(22)7-6-17(22)15-4-3-12-24-14-15/h8,13-14,16,18-20H,4-7,9-12,15H2,1-3H3;8,14-16,18-20H,4-7,9-13H2,1-3H3;5,12-14,17,19-21H,4,6-11H2,1-3H3,(H,26,27);3-4,6,12,14,16,18-20H,5,7-11,13H2,1-2H3,(H,25,26)/t2*16-,18-,19-,20-,24-,25-;17-,19-,20-,21?,23+,24+;16-,18-,19-,20?,22+,23+/m0000/s1. The van der Waals surface area contributed by atoms with Crippen molar-refractivity contribution in [3.63, 3.8) is 0 Å². The monoisotopic (exact) mass is 1550 g/mol. The van der Waals surface area contributed by atoms with Gasteiger partial charge in [0.25, 0.3) is 0 Å². The molecule has 12 fully saturated rings. The predicted octanol–water partition coefficient (Wildman–Crippen LogP) is 20.1. The molecule has 17 heteroatoms. The highest BCUT2D eigenvalue weighted by molar-refractivity contribution is 5.76. The third-order valence-electron chi connectivity index (χ3n) is 35.9. The van der Waals surface area contributed by atoms with Crippen LogP contribution in [0.1, 0.15) is 270 Å². The molecule has 16 aliphatic rings. The molecule has 2 N–H and O–H groups in total. The first-order valence-electron chi connectivity index (χ1n) is 44.9. The molecule has 0 radical (unpaired) electrons. The van der Waals surface area contributed by atoms with Crippen LogP contribution < -0.4 is 15.4 Å². The first kappa shape index (κ1) is 79.2. The molecule has 4 aromatic heterocycles. The molecule has 2 unspecified atom stereocenters. The zero-order chi connectivity index (χ0) is 79.3. The number of carbonyl (C=O) groups is 4. The Bertz CT molecular complexity index is 4160. The van der Waals surface area contributed by atoms with Crippen LogP contribution in [0.4, 0.5) is 9.59 Å². The number of rotatable bonds is 7. The van der Waals surface area contributed by atoms with Gasteiger partial charge in [-0.15, -0.1) is 0 Å². The summed E-state index contributed by atoms with van der Waals surface area (Å²) in [5.74, 6) is 10.3. The second kappa shape index (κ2) is 30.9. The van der Waals surface area contributed by atoms with E-state index in [0.29, 0.717) is 79.3 Å². The minimum Gasteiger partial charge on any atom is -0.495 e. The molecule has 4 aromatic rings. The van der Waals surface area contributed by atoms with E-state index in [1.807, 2.05) is 43.4 Å². The van der Waals surface area contributed by atoms with Crippen LogP contribution in [-0.4, -0.2) is 99.6 Å². The summed E-state index contributed by atoms with van der Waals surface area (Å²) in [5.41, 5.74) is 14.3. The largest absolute Gasteiger partial charge is 0.495 e. The fourth-order valence-electron chi connectivity index (χ4n) is 29.4. The highest BCUT2D eigenvalue weighted by Gasteiger charge is 2.64. The predicted molar refractivity (Wildman–Crippen MR) is 442 cm³/mol. The number of cyclic esters (lactones) is 2.